The van der Waals surface area contributed by atoms with Crippen molar-refractivity contribution in [3.8, 4) is 28.4 Å². The third-order valence-electron chi connectivity index (χ3n) is 11.8. The molecule has 9 rings (SSSR count). The normalized spacial score (nSPS) is 20.3. The molecule has 50 heavy (non-hydrogen) atoms. The van der Waals surface area contributed by atoms with Crippen molar-refractivity contribution in [1.82, 2.24) is 0 Å². The van der Waals surface area contributed by atoms with Gasteiger partial charge in [-0.25, -0.2) is 8.78 Å². The van der Waals surface area contributed by atoms with Gasteiger partial charge in [0, 0.05) is 57.9 Å². The van der Waals surface area contributed by atoms with Gasteiger partial charge in [-0.15, -0.1) is 0 Å². The second-order valence-electron chi connectivity index (χ2n) is 14.4. The highest BCUT2D eigenvalue weighted by Gasteiger charge is 2.50. The van der Waals surface area contributed by atoms with Crippen molar-refractivity contribution < 1.29 is 23.0 Å². The molecule has 4 nitrogen and oxygen atoms in total. The van der Waals surface area contributed by atoms with E-state index in [9.17, 15) is 0 Å². The van der Waals surface area contributed by atoms with Gasteiger partial charge in [-0.3, -0.25) is 0 Å². The quantitative estimate of drug-likeness (QED) is 0.186. The zero-order valence-electron chi connectivity index (χ0n) is 28.7. The Kier molecular flexibility index (Phi) is 7.41. The largest absolute Gasteiger partial charge is 0.497 e. The Morgan fingerprint density at radius 1 is 0.680 bits per heavy atom. The molecule has 2 fully saturated rings. The molecule has 254 valence electrons. The monoisotopic (exact) mass is 669 g/mol. The molecule has 5 aromatic carbocycles. The first-order valence-corrected chi connectivity index (χ1v) is 18.0. The Morgan fingerprint density at radius 3 is 2.04 bits per heavy atom. The van der Waals surface area contributed by atoms with Gasteiger partial charge in [0.05, 0.1) is 14.2 Å². The number of hydrogen-bond donors (Lipinski definition) is 0. The van der Waals surface area contributed by atoms with Crippen LogP contribution in [0.1, 0.15) is 79.2 Å². The van der Waals surface area contributed by atoms with Gasteiger partial charge in [0.2, 0.25) is 0 Å². The van der Waals surface area contributed by atoms with Gasteiger partial charge in [-0.05, 0) is 109 Å². The standard InChI is InChI=1S/C44H41F2NO3/c1-48-32-15-11-29(12-16-32)44(28-9-13-31(14-10-28)47-23-7-4-8-24-47)22-19-35-41-39(34-18-17-33(49-2)27-36(34)42(35)50-44)37-25-30(45)26-38(46)40(37)43(41)20-5-3-6-21-43/h9-19,22,25-27H,3-8,20-21,23-24H2,1-2H3. The topological polar surface area (TPSA) is 30.9 Å². The van der Waals surface area contributed by atoms with E-state index in [2.05, 4.69) is 53.5 Å². The molecule has 4 aliphatic rings. The number of rotatable bonds is 5. The summed E-state index contributed by atoms with van der Waals surface area (Å²) in [5.41, 5.74) is 5.86. The predicted octanol–water partition coefficient (Wildman–Crippen LogP) is 10.7. The van der Waals surface area contributed by atoms with Crippen LogP contribution in [0.15, 0.2) is 84.9 Å². The molecule has 0 amide bonds. The first kappa shape index (κ1) is 31.2. The number of benzene rings is 5. The fourth-order valence-electron chi connectivity index (χ4n) is 9.45. The number of anilines is 1. The van der Waals surface area contributed by atoms with Crippen molar-refractivity contribution in [1.29, 1.82) is 0 Å². The zero-order valence-corrected chi connectivity index (χ0v) is 28.7. The summed E-state index contributed by atoms with van der Waals surface area (Å²) in [7, 11) is 3.33. The van der Waals surface area contributed by atoms with Crippen LogP contribution in [0.25, 0.3) is 28.0 Å². The Balaban J connectivity index is 1.31. The fraction of sp³-hybridized carbons (Fsp3) is 0.318. The summed E-state index contributed by atoms with van der Waals surface area (Å²) >= 11 is 0. The molecule has 1 saturated carbocycles. The van der Waals surface area contributed by atoms with Crippen molar-refractivity contribution in [3.63, 3.8) is 0 Å². The molecular weight excluding hydrogens is 628 g/mol. The molecule has 2 heterocycles. The van der Waals surface area contributed by atoms with Gasteiger partial charge in [-0.1, -0.05) is 49.6 Å². The smallest absolute Gasteiger partial charge is 0.178 e. The van der Waals surface area contributed by atoms with Gasteiger partial charge in [0.15, 0.2) is 5.60 Å². The summed E-state index contributed by atoms with van der Waals surface area (Å²) in [6.07, 6.45) is 12.7. The van der Waals surface area contributed by atoms with E-state index in [1.807, 2.05) is 30.3 Å². The van der Waals surface area contributed by atoms with Gasteiger partial charge in [0.1, 0.15) is 28.9 Å². The summed E-state index contributed by atoms with van der Waals surface area (Å²) < 4.78 is 50.1. The lowest BCUT2D eigenvalue weighted by atomic mass is 9.66. The molecule has 2 aliphatic carbocycles. The summed E-state index contributed by atoms with van der Waals surface area (Å²) in [5, 5.41) is 1.77. The van der Waals surface area contributed by atoms with Crippen molar-refractivity contribution in [2.45, 2.75) is 62.4 Å². The summed E-state index contributed by atoms with van der Waals surface area (Å²) in [4.78, 5) is 2.46. The van der Waals surface area contributed by atoms with E-state index >= 15 is 8.78 Å². The number of piperidine rings is 1. The first-order valence-electron chi connectivity index (χ1n) is 18.0. The van der Waals surface area contributed by atoms with E-state index in [1.165, 1.54) is 31.0 Å². The van der Waals surface area contributed by atoms with Crippen molar-refractivity contribution in [3.05, 3.63) is 124 Å². The van der Waals surface area contributed by atoms with Crippen LogP contribution in [-0.2, 0) is 11.0 Å². The maximum Gasteiger partial charge on any atom is 0.178 e. The summed E-state index contributed by atoms with van der Waals surface area (Å²) in [6.45, 7) is 2.14. The Labute approximate surface area is 292 Å². The van der Waals surface area contributed by atoms with Crippen LogP contribution in [-0.4, -0.2) is 27.3 Å². The third-order valence-corrected chi connectivity index (χ3v) is 11.8. The first-order chi connectivity index (χ1) is 24.5. The number of nitrogens with zero attached hydrogens (tertiary/aromatic N) is 1. The highest BCUT2D eigenvalue weighted by Crippen LogP contribution is 2.63. The minimum absolute atomic E-state index is 0.462. The lowest BCUT2D eigenvalue weighted by Crippen LogP contribution is -2.36. The highest BCUT2D eigenvalue weighted by molar-refractivity contribution is 6.09. The minimum Gasteiger partial charge on any atom is -0.497 e. The van der Waals surface area contributed by atoms with Crippen LogP contribution < -0.4 is 19.1 Å². The predicted molar refractivity (Wildman–Crippen MR) is 196 cm³/mol. The van der Waals surface area contributed by atoms with E-state index < -0.39 is 22.7 Å². The van der Waals surface area contributed by atoms with E-state index in [4.69, 9.17) is 14.2 Å². The van der Waals surface area contributed by atoms with Crippen molar-refractivity contribution in [2.75, 3.05) is 32.2 Å². The van der Waals surface area contributed by atoms with Gasteiger partial charge < -0.3 is 19.1 Å². The number of ether oxygens (including phenoxy) is 3. The number of hydrogen-bond acceptors (Lipinski definition) is 4. The van der Waals surface area contributed by atoms with E-state index in [0.29, 0.717) is 16.9 Å². The summed E-state index contributed by atoms with van der Waals surface area (Å²) in [6, 6.07) is 25.5. The van der Waals surface area contributed by atoms with Crippen LogP contribution in [0.2, 0.25) is 0 Å². The van der Waals surface area contributed by atoms with Crippen LogP contribution in [0.3, 0.4) is 0 Å². The second-order valence-corrected chi connectivity index (χ2v) is 14.4. The maximum atomic E-state index is 16.2. The Hall–Kier alpha value is -4.84. The third kappa shape index (κ3) is 4.60. The SMILES string of the molecule is COc1ccc(C2(c3ccc(N4CCCCC4)cc3)C=Cc3c4c(c5ccc(OC)cc5c3O2)-c2cc(F)cc(F)c2C42CCCCC2)cc1. The molecular formula is C44H41F2NO3. The molecule has 1 unspecified atom stereocenters. The van der Waals surface area contributed by atoms with E-state index in [1.54, 1.807) is 14.2 Å². The summed E-state index contributed by atoms with van der Waals surface area (Å²) in [5.74, 6) is 1.17. The zero-order chi connectivity index (χ0) is 34.0. The molecule has 0 radical (unpaired) electrons. The van der Waals surface area contributed by atoms with Gasteiger partial charge in [0.25, 0.3) is 0 Å². The van der Waals surface area contributed by atoms with Crippen LogP contribution in [0.4, 0.5) is 14.5 Å². The molecule has 6 heteroatoms. The lowest BCUT2D eigenvalue weighted by molar-refractivity contribution is 0.163. The van der Waals surface area contributed by atoms with Crippen molar-refractivity contribution >= 4 is 22.5 Å². The molecule has 2 aliphatic heterocycles. The molecule has 5 aromatic rings. The fourth-order valence-corrected chi connectivity index (χ4v) is 9.45. The number of halogens is 2. The second kappa shape index (κ2) is 11.9. The van der Waals surface area contributed by atoms with Crippen LogP contribution >= 0.6 is 0 Å². The number of fused-ring (bicyclic) bond motifs is 10. The maximum absolute atomic E-state index is 16.2. The van der Waals surface area contributed by atoms with Gasteiger partial charge >= 0.3 is 0 Å². The van der Waals surface area contributed by atoms with Crippen LogP contribution in [0.5, 0.6) is 17.2 Å². The molecule has 1 spiro atoms. The van der Waals surface area contributed by atoms with Crippen molar-refractivity contribution in [2.24, 2.45) is 0 Å². The molecule has 1 saturated heterocycles. The Morgan fingerprint density at radius 2 is 1.34 bits per heavy atom. The molecule has 0 bridgehead atoms. The van der Waals surface area contributed by atoms with Crippen LogP contribution in [0, 0.1) is 11.6 Å². The highest BCUT2D eigenvalue weighted by atomic mass is 19.1. The molecule has 0 aromatic heterocycles. The minimum atomic E-state index is -0.966. The van der Waals surface area contributed by atoms with Gasteiger partial charge in [-0.2, -0.15) is 0 Å². The average Bonchev–Trinajstić information content (AvgIpc) is 3.44. The molecule has 0 N–H and O–H groups in total. The molecule has 1 atom stereocenters. The number of methoxy groups -OCH3 is 2. The lowest BCUT2D eigenvalue weighted by Gasteiger charge is -2.41. The Bertz CT molecular complexity index is 2140. The van der Waals surface area contributed by atoms with E-state index in [0.717, 1.165) is 101 Å². The average molecular weight is 670 g/mol. The van der Waals surface area contributed by atoms with E-state index in [-0.39, 0.29) is 0 Å².